The molecule has 0 bridgehead atoms. The van der Waals surface area contributed by atoms with Gasteiger partial charge in [0.2, 0.25) is 11.6 Å². The van der Waals surface area contributed by atoms with Crippen molar-refractivity contribution in [2.45, 2.75) is 0 Å². The van der Waals surface area contributed by atoms with Gasteiger partial charge in [-0.2, -0.15) is 0 Å². The van der Waals surface area contributed by atoms with Crippen molar-refractivity contribution < 1.29 is 79.0 Å². The Hall–Kier alpha value is -3.95. The molecule has 0 saturated heterocycles. The molecule has 4 radical (unpaired) electrons. The third kappa shape index (κ3) is 4.83. The zero-order chi connectivity index (χ0) is 33.3. The van der Waals surface area contributed by atoms with Crippen LogP contribution in [-0.4, -0.2) is 19.0 Å². The number of halogens is 18. The van der Waals surface area contributed by atoms with E-state index in [1.807, 2.05) is 0 Å². The molecule has 0 amide bonds. The van der Waals surface area contributed by atoms with Gasteiger partial charge in [-0.05, 0) is 0 Å². The highest BCUT2D eigenvalue weighted by Gasteiger charge is 2.37. The molecular formula is C24F18Si2. The molecule has 0 aliphatic carbocycles. The van der Waals surface area contributed by atoms with E-state index >= 15 is 0 Å². The van der Waals surface area contributed by atoms with Crippen LogP contribution in [0.4, 0.5) is 79.0 Å². The average Bonchev–Trinajstić information content (AvgIpc) is 2.99. The Balaban J connectivity index is 1.92. The smallest absolute Gasteiger partial charge is 0.200 e. The summed E-state index contributed by atoms with van der Waals surface area (Å²) in [5.74, 6) is -49.5. The first-order valence-corrected chi connectivity index (χ1v) is 12.7. The van der Waals surface area contributed by atoms with Crippen LogP contribution >= 0.6 is 0 Å². The van der Waals surface area contributed by atoms with Crippen molar-refractivity contribution in [3.8, 4) is 11.1 Å². The van der Waals surface area contributed by atoms with E-state index < -0.39 is 156 Å². The number of rotatable bonds is 5. The molecule has 4 rings (SSSR count). The van der Waals surface area contributed by atoms with Crippen molar-refractivity contribution in [2.75, 3.05) is 0 Å². The first kappa shape index (κ1) is 33.0. The molecule has 0 aromatic heterocycles. The number of hydrogen-bond acceptors (Lipinski definition) is 0. The molecule has 0 fully saturated rings. The predicted octanol–water partition coefficient (Wildman–Crippen LogP) is 5.17. The molecule has 44 heavy (non-hydrogen) atoms. The van der Waals surface area contributed by atoms with E-state index in [1.54, 1.807) is 0 Å². The van der Waals surface area contributed by atoms with Gasteiger partial charge in [-0.15, -0.1) is 0 Å². The molecule has 0 unspecified atom stereocenters. The van der Waals surface area contributed by atoms with E-state index in [0.717, 1.165) is 0 Å². The topological polar surface area (TPSA) is 0 Å². The van der Waals surface area contributed by atoms with E-state index in [-0.39, 0.29) is 0 Å². The van der Waals surface area contributed by atoms with Gasteiger partial charge in [-0.25, -0.2) is 79.0 Å². The van der Waals surface area contributed by atoms with Crippen molar-refractivity contribution in [3.05, 3.63) is 105 Å². The van der Waals surface area contributed by atoms with Gasteiger partial charge < -0.3 is 0 Å². The first-order valence-electron chi connectivity index (χ1n) is 10.7. The molecule has 0 heterocycles. The predicted molar refractivity (Wildman–Crippen MR) is 114 cm³/mol. The van der Waals surface area contributed by atoms with Gasteiger partial charge in [0.1, 0.15) is 19.0 Å². The fourth-order valence-electron chi connectivity index (χ4n) is 3.60. The van der Waals surface area contributed by atoms with Crippen molar-refractivity contribution in [3.63, 3.8) is 0 Å². The average molecular weight is 686 g/mol. The molecule has 0 aliphatic heterocycles. The van der Waals surface area contributed by atoms with E-state index in [2.05, 4.69) is 0 Å². The molecule has 230 valence electrons. The molecule has 0 saturated carbocycles. The maximum absolute atomic E-state index is 14.9. The highest BCUT2D eigenvalue weighted by Crippen LogP contribution is 2.34. The zero-order valence-electron chi connectivity index (χ0n) is 19.8. The van der Waals surface area contributed by atoms with Crippen LogP contribution in [0.2, 0.25) is 0 Å². The van der Waals surface area contributed by atoms with Gasteiger partial charge >= 0.3 is 0 Å². The van der Waals surface area contributed by atoms with Gasteiger partial charge in [0.25, 0.3) is 0 Å². The lowest BCUT2D eigenvalue weighted by Gasteiger charge is -2.16. The highest BCUT2D eigenvalue weighted by molar-refractivity contribution is 6.68. The quantitative estimate of drug-likeness (QED) is 0.118. The summed E-state index contributed by atoms with van der Waals surface area (Å²) in [5.41, 5.74) is -5.13. The second-order valence-electron chi connectivity index (χ2n) is 8.15. The second kappa shape index (κ2) is 11.5. The summed E-state index contributed by atoms with van der Waals surface area (Å²) in [5, 5.41) is -8.20. The number of benzene rings is 4. The third-order valence-electron chi connectivity index (χ3n) is 5.70. The minimum absolute atomic E-state index is 2.00. The van der Waals surface area contributed by atoms with Gasteiger partial charge in [-0.1, -0.05) is 0 Å². The summed E-state index contributed by atoms with van der Waals surface area (Å²) >= 11 is 0. The lowest BCUT2D eigenvalue weighted by molar-refractivity contribution is 0.384. The second-order valence-corrected chi connectivity index (χ2v) is 10.7. The monoisotopic (exact) mass is 686 g/mol. The van der Waals surface area contributed by atoms with E-state index in [0.29, 0.717) is 0 Å². The molecular weight excluding hydrogens is 686 g/mol. The number of hydrogen-bond donors (Lipinski definition) is 0. The van der Waals surface area contributed by atoms with Crippen LogP contribution in [0, 0.1) is 105 Å². The minimum Gasteiger partial charge on any atom is -0.204 e. The Morgan fingerprint density at radius 3 is 0.500 bits per heavy atom. The van der Waals surface area contributed by atoms with Gasteiger partial charge in [0, 0.05) is 20.7 Å². The van der Waals surface area contributed by atoms with Gasteiger partial charge in [0.15, 0.2) is 93.1 Å². The molecule has 4 aromatic carbocycles. The van der Waals surface area contributed by atoms with E-state index in [9.17, 15) is 79.0 Å². The summed E-state index contributed by atoms with van der Waals surface area (Å²) in [6.07, 6.45) is 0. The SMILES string of the molecule is Fc1c(F)c(F)c([Si]c2c(F)c(F)c(-c3c(F)c(F)c([Si]c4c(F)c(F)c(F)c(F)c4F)c(F)c3F)c(F)c2F)c(F)c1F. The Morgan fingerprint density at radius 2 is 0.318 bits per heavy atom. The van der Waals surface area contributed by atoms with Crippen LogP contribution in [0.3, 0.4) is 0 Å². The lowest BCUT2D eigenvalue weighted by atomic mass is 10.0. The summed E-state index contributed by atoms with van der Waals surface area (Å²) in [6.45, 7) is 0. The molecule has 0 spiro atoms. The van der Waals surface area contributed by atoms with Crippen LogP contribution in [0.15, 0.2) is 0 Å². The summed E-state index contributed by atoms with van der Waals surface area (Å²) < 4.78 is 255. The Morgan fingerprint density at radius 1 is 0.182 bits per heavy atom. The minimum atomic E-state index is -2.91. The maximum Gasteiger partial charge on any atom is 0.200 e. The van der Waals surface area contributed by atoms with Crippen molar-refractivity contribution >= 4 is 39.8 Å². The fourth-order valence-corrected chi connectivity index (χ4v) is 5.86. The lowest BCUT2D eigenvalue weighted by Crippen LogP contribution is -2.40. The third-order valence-corrected chi connectivity index (χ3v) is 8.45. The summed E-state index contributed by atoms with van der Waals surface area (Å²) in [4.78, 5) is 0. The Labute approximate surface area is 235 Å². The van der Waals surface area contributed by atoms with Crippen molar-refractivity contribution in [1.29, 1.82) is 0 Å². The Bertz CT molecular complexity index is 1650. The van der Waals surface area contributed by atoms with Crippen LogP contribution in [0.5, 0.6) is 0 Å². The van der Waals surface area contributed by atoms with Crippen LogP contribution < -0.4 is 20.7 Å². The van der Waals surface area contributed by atoms with Gasteiger partial charge in [0.05, 0.1) is 11.1 Å². The van der Waals surface area contributed by atoms with Crippen molar-refractivity contribution in [2.24, 2.45) is 0 Å². The molecule has 0 N–H and O–H groups in total. The van der Waals surface area contributed by atoms with E-state index in [1.165, 1.54) is 0 Å². The van der Waals surface area contributed by atoms with Crippen LogP contribution in [0.1, 0.15) is 0 Å². The molecule has 20 heteroatoms. The maximum atomic E-state index is 14.9. The largest absolute Gasteiger partial charge is 0.204 e. The van der Waals surface area contributed by atoms with Crippen LogP contribution in [-0.2, 0) is 0 Å². The molecule has 4 aromatic rings. The normalized spacial score (nSPS) is 11.6. The molecule has 0 nitrogen and oxygen atoms in total. The fraction of sp³-hybridized carbons (Fsp3) is 0. The van der Waals surface area contributed by atoms with Crippen LogP contribution in [0.25, 0.3) is 11.1 Å². The molecule has 0 atom stereocenters. The zero-order valence-corrected chi connectivity index (χ0v) is 21.8. The summed E-state index contributed by atoms with van der Waals surface area (Å²) in [7, 11) is -4.89. The van der Waals surface area contributed by atoms with Crippen molar-refractivity contribution in [1.82, 2.24) is 0 Å². The first-order chi connectivity index (χ1) is 20.4. The standard InChI is InChI=1S/C24F18Si2/c25-3-1(4(26)14(36)21(13(3)35)43-23-17(39)9(31)7(29)10(32)18(23)40)2-5(27)15(37)22(16(38)6(2)28)44-24-19(41)11(33)8(30)12(34)20(24)42. The highest BCUT2D eigenvalue weighted by atomic mass is 28.2. The van der Waals surface area contributed by atoms with Gasteiger partial charge in [-0.3, -0.25) is 0 Å². The summed E-state index contributed by atoms with van der Waals surface area (Å²) in [6, 6.07) is 0. The molecule has 0 aliphatic rings. The Kier molecular flexibility index (Phi) is 8.63. The van der Waals surface area contributed by atoms with E-state index in [4.69, 9.17) is 0 Å².